The summed E-state index contributed by atoms with van der Waals surface area (Å²) < 4.78 is 12.1. The minimum atomic E-state index is -0.188. The number of carbonyl (C=O) groups excluding carboxylic acids is 1. The third-order valence-corrected chi connectivity index (χ3v) is 5.46. The molecule has 0 saturated heterocycles. The fraction of sp³-hybridized carbons (Fsp3) is 0.364. The van der Waals surface area contributed by atoms with Gasteiger partial charge in [0.15, 0.2) is 11.5 Å². The van der Waals surface area contributed by atoms with Gasteiger partial charge in [-0.25, -0.2) is 4.68 Å². The predicted molar refractivity (Wildman–Crippen MR) is 112 cm³/mol. The topological polar surface area (TPSA) is 95.3 Å². The number of benzene rings is 2. The Morgan fingerprint density at radius 2 is 1.97 bits per heavy atom. The maximum Gasteiger partial charge on any atom is 0.277 e. The summed E-state index contributed by atoms with van der Waals surface area (Å²) in [5, 5.41) is 11.7. The largest absolute Gasteiger partial charge is 0.493 e. The van der Waals surface area contributed by atoms with Gasteiger partial charge in [0.25, 0.3) is 5.56 Å². The van der Waals surface area contributed by atoms with Crippen molar-refractivity contribution in [3.8, 4) is 11.5 Å². The number of nitrogens with one attached hydrogen (secondary N) is 1. The summed E-state index contributed by atoms with van der Waals surface area (Å²) >= 11 is 0. The van der Waals surface area contributed by atoms with Gasteiger partial charge >= 0.3 is 0 Å². The molecule has 0 aliphatic heterocycles. The second kappa shape index (κ2) is 8.52. The van der Waals surface area contributed by atoms with Crippen molar-refractivity contribution in [2.24, 2.45) is 0 Å². The Labute approximate surface area is 173 Å². The third kappa shape index (κ3) is 3.85. The van der Waals surface area contributed by atoms with Crippen molar-refractivity contribution in [2.75, 3.05) is 14.2 Å². The Morgan fingerprint density at radius 1 is 1.20 bits per heavy atom. The molecular weight excluding hydrogens is 384 g/mol. The van der Waals surface area contributed by atoms with E-state index in [1.165, 1.54) is 4.68 Å². The van der Waals surface area contributed by atoms with E-state index in [9.17, 15) is 9.59 Å². The number of aryl methyl sites for hydroxylation is 2. The molecule has 30 heavy (non-hydrogen) atoms. The van der Waals surface area contributed by atoms with Crippen molar-refractivity contribution in [2.45, 2.75) is 38.3 Å². The molecule has 0 unspecified atom stereocenters. The first-order valence-electron chi connectivity index (χ1n) is 9.97. The van der Waals surface area contributed by atoms with Crippen LogP contribution in [0.3, 0.4) is 0 Å². The van der Waals surface area contributed by atoms with Crippen LogP contribution >= 0.6 is 0 Å². The predicted octanol–water partition coefficient (Wildman–Crippen LogP) is 2.39. The summed E-state index contributed by atoms with van der Waals surface area (Å²) in [6, 6.07) is 11.0. The zero-order valence-electron chi connectivity index (χ0n) is 17.1. The van der Waals surface area contributed by atoms with E-state index in [4.69, 9.17) is 9.47 Å². The van der Waals surface area contributed by atoms with E-state index in [1.54, 1.807) is 32.4 Å². The molecule has 1 aromatic heterocycles. The summed E-state index contributed by atoms with van der Waals surface area (Å²) in [5.74, 6) is 1.31. The first-order chi connectivity index (χ1) is 14.6. The van der Waals surface area contributed by atoms with Crippen molar-refractivity contribution < 1.29 is 14.3 Å². The van der Waals surface area contributed by atoms with Gasteiger partial charge in [0.05, 0.1) is 25.6 Å². The maximum atomic E-state index is 12.5. The van der Waals surface area contributed by atoms with Crippen LogP contribution in [-0.4, -0.2) is 35.1 Å². The number of carbonyl (C=O) groups is 1. The summed E-state index contributed by atoms with van der Waals surface area (Å²) in [6.45, 7) is 0.344. The molecule has 2 aromatic carbocycles. The number of methoxy groups -OCH3 is 2. The van der Waals surface area contributed by atoms with Gasteiger partial charge in [-0.15, -0.1) is 5.10 Å². The van der Waals surface area contributed by atoms with Crippen LogP contribution < -0.4 is 20.3 Å². The molecule has 156 valence electrons. The molecule has 8 heteroatoms. The van der Waals surface area contributed by atoms with Gasteiger partial charge in [0.2, 0.25) is 5.91 Å². The lowest BCUT2D eigenvalue weighted by molar-refractivity contribution is -0.122. The number of nitrogens with zero attached hydrogens (tertiary/aromatic N) is 3. The highest BCUT2D eigenvalue weighted by Crippen LogP contribution is 2.39. The molecule has 1 aliphatic rings. The molecule has 8 nitrogen and oxygen atoms in total. The minimum Gasteiger partial charge on any atom is -0.493 e. The van der Waals surface area contributed by atoms with Gasteiger partial charge in [0, 0.05) is 13.0 Å². The van der Waals surface area contributed by atoms with Gasteiger partial charge in [-0.05, 0) is 54.7 Å². The van der Waals surface area contributed by atoms with Crippen LogP contribution in [0, 0.1) is 0 Å². The quantitative estimate of drug-likeness (QED) is 0.645. The van der Waals surface area contributed by atoms with E-state index in [0.29, 0.717) is 41.8 Å². The number of hydrogen-bond acceptors (Lipinski definition) is 6. The molecule has 3 aromatic rings. The standard InChI is InChI=1S/C22H24N4O4/c1-29-19-12-14-9-10-17(16(14)13-20(19)30-2)23-21(27)8-5-11-26-22(28)15-6-3-4-7-18(15)24-25-26/h3-4,6-7,12-13,17H,5,8-11H2,1-2H3,(H,23,27)/t17-/m1/s1. The molecule has 4 rings (SSSR count). The van der Waals surface area contributed by atoms with Crippen molar-refractivity contribution in [3.05, 3.63) is 57.9 Å². The Kier molecular flexibility index (Phi) is 5.65. The first-order valence-corrected chi connectivity index (χ1v) is 9.97. The van der Waals surface area contributed by atoms with E-state index < -0.39 is 0 Å². The molecule has 0 spiro atoms. The fourth-order valence-electron chi connectivity index (χ4n) is 3.91. The van der Waals surface area contributed by atoms with Gasteiger partial charge in [0.1, 0.15) is 5.52 Å². The summed E-state index contributed by atoms with van der Waals surface area (Å²) in [4.78, 5) is 25.0. The van der Waals surface area contributed by atoms with E-state index >= 15 is 0 Å². The Bertz CT molecular complexity index is 1140. The van der Waals surface area contributed by atoms with Gasteiger partial charge in [-0.1, -0.05) is 17.3 Å². The number of amides is 1. The van der Waals surface area contributed by atoms with Gasteiger partial charge < -0.3 is 14.8 Å². The fourth-order valence-corrected chi connectivity index (χ4v) is 3.91. The highest BCUT2D eigenvalue weighted by Gasteiger charge is 2.26. The number of ether oxygens (including phenoxy) is 2. The molecule has 1 heterocycles. The lowest BCUT2D eigenvalue weighted by Crippen LogP contribution is -2.28. The van der Waals surface area contributed by atoms with Crippen LogP contribution in [-0.2, 0) is 17.8 Å². The molecule has 1 atom stereocenters. The SMILES string of the molecule is COc1cc2c(cc1OC)[C@H](NC(=O)CCCn1nnc3ccccc3c1=O)CC2. The smallest absolute Gasteiger partial charge is 0.277 e. The van der Waals surface area contributed by atoms with Crippen LogP contribution in [0.1, 0.15) is 36.4 Å². The summed E-state index contributed by atoms with van der Waals surface area (Å²) in [7, 11) is 3.22. The molecule has 1 aliphatic carbocycles. The third-order valence-electron chi connectivity index (χ3n) is 5.46. The highest BCUT2D eigenvalue weighted by atomic mass is 16.5. The second-order valence-corrected chi connectivity index (χ2v) is 7.30. The minimum absolute atomic E-state index is 0.0458. The van der Waals surface area contributed by atoms with E-state index in [0.717, 1.165) is 24.0 Å². The molecule has 1 amide bonds. The van der Waals surface area contributed by atoms with Crippen molar-refractivity contribution in [1.82, 2.24) is 20.3 Å². The number of hydrogen-bond donors (Lipinski definition) is 1. The number of aromatic nitrogens is 3. The van der Waals surface area contributed by atoms with Gasteiger partial charge in [-0.3, -0.25) is 9.59 Å². The molecule has 0 bridgehead atoms. The molecule has 1 N–H and O–H groups in total. The molecule has 0 fully saturated rings. The molecule has 0 radical (unpaired) electrons. The van der Waals surface area contributed by atoms with Crippen molar-refractivity contribution in [1.29, 1.82) is 0 Å². The molecular formula is C22H24N4O4. The van der Waals surface area contributed by atoms with Gasteiger partial charge in [-0.2, -0.15) is 0 Å². The number of fused-ring (bicyclic) bond motifs is 2. The molecule has 0 saturated carbocycles. The second-order valence-electron chi connectivity index (χ2n) is 7.30. The Morgan fingerprint density at radius 3 is 2.77 bits per heavy atom. The zero-order chi connectivity index (χ0) is 21.1. The average molecular weight is 408 g/mol. The Hall–Kier alpha value is -3.42. The van der Waals surface area contributed by atoms with E-state index in [2.05, 4.69) is 15.6 Å². The van der Waals surface area contributed by atoms with E-state index in [1.807, 2.05) is 18.2 Å². The monoisotopic (exact) mass is 408 g/mol. The first kappa shape index (κ1) is 19.9. The average Bonchev–Trinajstić information content (AvgIpc) is 3.15. The zero-order valence-corrected chi connectivity index (χ0v) is 17.1. The number of rotatable bonds is 7. The van der Waals surface area contributed by atoms with Crippen LogP contribution in [0.4, 0.5) is 0 Å². The van der Waals surface area contributed by atoms with E-state index in [-0.39, 0.29) is 17.5 Å². The summed E-state index contributed by atoms with van der Waals surface area (Å²) in [6.07, 6.45) is 2.53. The van der Waals surface area contributed by atoms with Crippen LogP contribution in [0.15, 0.2) is 41.2 Å². The normalized spacial score (nSPS) is 15.1. The maximum absolute atomic E-state index is 12.5. The van der Waals surface area contributed by atoms with Crippen LogP contribution in [0.2, 0.25) is 0 Å². The Balaban J connectivity index is 1.37. The van der Waals surface area contributed by atoms with Crippen LogP contribution in [0.25, 0.3) is 10.9 Å². The van der Waals surface area contributed by atoms with Crippen LogP contribution in [0.5, 0.6) is 11.5 Å². The lowest BCUT2D eigenvalue weighted by atomic mass is 10.1. The van der Waals surface area contributed by atoms with Crippen molar-refractivity contribution in [3.63, 3.8) is 0 Å². The highest BCUT2D eigenvalue weighted by molar-refractivity contribution is 5.77. The van der Waals surface area contributed by atoms with Crippen molar-refractivity contribution >= 4 is 16.8 Å². The lowest BCUT2D eigenvalue weighted by Gasteiger charge is -2.16. The summed E-state index contributed by atoms with van der Waals surface area (Å²) in [5.41, 5.74) is 2.61.